The van der Waals surface area contributed by atoms with E-state index in [1.807, 2.05) is 12.1 Å². The highest BCUT2D eigenvalue weighted by molar-refractivity contribution is 7.85. The fraction of sp³-hybridized carbons (Fsp3) is 0.647. The fourth-order valence-corrected chi connectivity index (χ4v) is 3.17. The van der Waals surface area contributed by atoms with Gasteiger partial charge in [0.2, 0.25) is 0 Å². The second kappa shape index (κ2) is 9.21. The van der Waals surface area contributed by atoms with Crippen molar-refractivity contribution in [1.82, 2.24) is 0 Å². The zero-order valence-corrected chi connectivity index (χ0v) is 14.0. The van der Waals surface area contributed by atoms with Crippen molar-refractivity contribution in [3.8, 4) is 0 Å². The van der Waals surface area contributed by atoms with Crippen molar-refractivity contribution in [2.45, 2.75) is 76.0 Å². The van der Waals surface area contributed by atoms with Gasteiger partial charge in [0.05, 0.1) is 4.90 Å². The first kappa shape index (κ1) is 18.2. The van der Waals surface area contributed by atoms with Crippen LogP contribution in [0.4, 0.5) is 0 Å². The Balaban J connectivity index is 2.48. The normalized spacial score (nSPS) is 13.3. The van der Waals surface area contributed by atoms with Crippen LogP contribution in [-0.4, -0.2) is 13.0 Å². The Morgan fingerprint density at radius 1 is 0.952 bits per heavy atom. The number of unbranched alkanes of at least 4 members (excludes halogenated alkanes) is 5. The second-order valence-corrected chi connectivity index (χ2v) is 7.13. The maximum absolute atomic E-state index is 11.0. The van der Waals surface area contributed by atoms with E-state index in [1.54, 1.807) is 0 Å². The van der Waals surface area contributed by atoms with Crippen molar-refractivity contribution in [3.05, 3.63) is 29.8 Å². The van der Waals surface area contributed by atoms with Crippen molar-refractivity contribution < 1.29 is 13.0 Å². The zero-order chi connectivity index (χ0) is 15.7. The Labute approximate surface area is 129 Å². The summed E-state index contributed by atoms with van der Waals surface area (Å²) >= 11 is 0. The van der Waals surface area contributed by atoms with Crippen molar-refractivity contribution in [3.63, 3.8) is 0 Å². The average Bonchev–Trinajstić information content (AvgIpc) is 2.46. The molecule has 0 saturated heterocycles. The molecule has 21 heavy (non-hydrogen) atoms. The van der Waals surface area contributed by atoms with Crippen LogP contribution in [-0.2, 0) is 10.1 Å². The first-order valence-corrected chi connectivity index (χ1v) is 9.50. The van der Waals surface area contributed by atoms with Gasteiger partial charge in [-0.2, -0.15) is 8.42 Å². The summed E-state index contributed by atoms with van der Waals surface area (Å²) in [6.07, 6.45) is 9.95. The standard InChI is InChI=1S/C17H28O3S/c1-3-5-6-7-8-9-10-15(4-2)16-11-13-17(14-12-16)21(18,19)20/h11-15H,3-10H2,1-2H3,(H,18,19,20)/t15-/m0/s1. The van der Waals surface area contributed by atoms with Crippen LogP contribution >= 0.6 is 0 Å². The molecule has 0 aromatic heterocycles. The van der Waals surface area contributed by atoms with Crippen molar-refractivity contribution in [2.24, 2.45) is 0 Å². The molecule has 1 aromatic rings. The van der Waals surface area contributed by atoms with E-state index in [0.29, 0.717) is 5.92 Å². The van der Waals surface area contributed by atoms with E-state index in [2.05, 4.69) is 13.8 Å². The number of hydrogen-bond donors (Lipinski definition) is 1. The van der Waals surface area contributed by atoms with Crippen molar-refractivity contribution in [2.75, 3.05) is 0 Å². The Kier molecular flexibility index (Phi) is 7.97. The molecule has 120 valence electrons. The molecule has 0 spiro atoms. The summed E-state index contributed by atoms with van der Waals surface area (Å²) < 4.78 is 31.1. The summed E-state index contributed by atoms with van der Waals surface area (Å²) in [5.41, 5.74) is 1.17. The van der Waals surface area contributed by atoms with Gasteiger partial charge >= 0.3 is 0 Å². The quantitative estimate of drug-likeness (QED) is 0.478. The summed E-state index contributed by atoms with van der Waals surface area (Å²) in [6, 6.07) is 6.64. The van der Waals surface area contributed by atoms with Gasteiger partial charge in [-0.05, 0) is 36.5 Å². The van der Waals surface area contributed by atoms with E-state index in [-0.39, 0.29) is 4.90 Å². The van der Waals surface area contributed by atoms with Crippen LogP contribution in [0, 0.1) is 0 Å². The Morgan fingerprint density at radius 3 is 2.05 bits per heavy atom. The molecule has 0 saturated carbocycles. The van der Waals surface area contributed by atoms with Gasteiger partial charge in [0.1, 0.15) is 0 Å². The maximum atomic E-state index is 11.0. The molecule has 0 aliphatic carbocycles. The highest BCUT2D eigenvalue weighted by Crippen LogP contribution is 2.27. The molecule has 0 fully saturated rings. The minimum atomic E-state index is -4.08. The topological polar surface area (TPSA) is 54.4 Å². The predicted octanol–water partition coefficient (Wildman–Crippen LogP) is 5.18. The monoisotopic (exact) mass is 312 g/mol. The Bertz CT molecular complexity index is 491. The third-order valence-corrected chi connectivity index (χ3v) is 4.92. The van der Waals surface area contributed by atoms with E-state index in [9.17, 15) is 8.42 Å². The SMILES string of the molecule is CCCCCCCC[C@H](CC)c1ccc(S(=O)(=O)O)cc1. The molecular weight excluding hydrogens is 284 g/mol. The van der Waals surface area contributed by atoms with E-state index in [1.165, 1.54) is 56.2 Å². The van der Waals surface area contributed by atoms with Gasteiger partial charge in [-0.3, -0.25) is 4.55 Å². The molecule has 4 heteroatoms. The van der Waals surface area contributed by atoms with Crippen LogP contribution < -0.4 is 0 Å². The summed E-state index contributed by atoms with van der Waals surface area (Å²) in [4.78, 5) is -0.0272. The number of rotatable bonds is 10. The van der Waals surface area contributed by atoms with Crippen molar-refractivity contribution >= 4 is 10.1 Å². The Hall–Kier alpha value is -0.870. The summed E-state index contributed by atoms with van der Waals surface area (Å²) in [7, 11) is -4.08. The molecule has 0 amide bonds. The van der Waals surface area contributed by atoms with Crippen LogP contribution in [0.15, 0.2) is 29.2 Å². The van der Waals surface area contributed by atoms with E-state index in [4.69, 9.17) is 4.55 Å². The van der Waals surface area contributed by atoms with Gasteiger partial charge in [0.25, 0.3) is 10.1 Å². The predicted molar refractivity (Wildman–Crippen MR) is 87.3 cm³/mol. The van der Waals surface area contributed by atoms with Gasteiger partial charge in [-0.15, -0.1) is 0 Å². The molecular formula is C17H28O3S. The molecule has 0 heterocycles. The van der Waals surface area contributed by atoms with Gasteiger partial charge in [-0.1, -0.05) is 64.5 Å². The summed E-state index contributed by atoms with van der Waals surface area (Å²) in [6.45, 7) is 4.39. The lowest BCUT2D eigenvalue weighted by molar-refractivity contribution is 0.483. The van der Waals surface area contributed by atoms with Gasteiger partial charge in [0.15, 0.2) is 0 Å². The largest absolute Gasteiger partial charge is 0.294 e. The Morgan fingerprint density at radius 2 is 1.52 bits per heavy atom. The maximum Gasteiger partial charge on any atom is 0.294 e. The van der Waals surface area contributed by atoms with Crippen LogP contribution in [0.25, 0.3) is 0 Å². The molecule has 1 aromatic carbocycles. The summed E-state index contributed by atoms with van der Waals surface area (Å²) in [5, 5.41) is 0. The van der Waals surface area contributed by atoms with Gasteiger partial charge < -0.3 is 0 Å². The first-order chi connectivity index (χ1) is 9.99. The summed E-state index contributed by atoms with van der Waals surface area (Å²) in [5.74, 6) is 0.478. The van der Waals surface area contributed by atoms with E-state index in [0.717, 1.165) is 12.8 Å². The number of hydrogen-bond acceptors (Lipinski definition) is 2. The van der Waals surface area contributed by atoms with Crippen LogP contribution in [0.3, 0.4) is 0 Å². The fourth-order valence-electron chi connectivity index (χ4n) is 2.69. The minimum Gasteiger partial charge on any atom is -0.282 e. The van der Waals surface area contributed by atoms with E-state index >= 15 is 0 Å². The molecule has 0 radical (unpaired) electrons. The van der Waals surface area contributed by atoms with Gasteiger partial charge in [-0.25, -0.2) is 0 Å². The molecule has 0 unspecified atom stereocenters. The lowest BCUT2D eigenvalue weighted by atomic mass is 9.91. The highest BCUT2D eigenvalue weighted by Gasteiger charge is 2.12. The van der Waals surface area contributed by atoms with E-state index < -0.39 is 10.1 Å². The molecule has 0 aliphatic rings. The molecule has 0 bridgehead atoms. The van der Waals surface area contributed by atoms with Crippen LogP contribution in [0.2, 0.25) is 0 Å². The molecule has 1 N–H and O–H groups in total. The molecule has 1 atom stereocenters. The third-order valence-electron chi connectivity index (χ3n) is 4.05. The smallest absolute Gasteiger partial charge is 0.282 e. The lowest BCUT2D eigenvalue weighted by Crippen LogP contribution is -2.01. The number of benzene rings is 1. The van der Waals surface area contributed by atoms with Crippen LogP contribution in [0.1, 0.15) is 76.7 Å². The lowest BCUT2D eigenvalue weighted by Gasteiger charge is -2.15. The molecule has 1 rings (SSSR count). The first-order valence-electron chi connectivity index (χ1n) is 8.06. The minimum absolute atomic E-state index is 0.0272. The van der Waals surface area contributed by atoms with Gasteiger partial charge in [0, 0.05) is 0 Å². The van der Waals surface area contributed by atoms with Crippen LogP contribution in [0.5, 0.6) is 0 Å². The average molecular weight is 312 g/mol. The highest BCUT2D eigenvalue weighted by atomic mass is 32.2. The third kappa shape index (κ3) is 6.62. The second-order valence-electron chi connectivity index (χ2n) is 5.71. The molecule has 3 nitrogen and oxygen atoms in total. The zero-order valence-electron chi connectivity index (χ0n) is 13.2. The molecule has 0 aliphatic heterocycles. The van der Waals surface area contributed by atoms with Crippen molar-refractivity contribution in [1.29, 1.82) is 0 Å².